The minimum absolute atomic E-state index is 0.0462. The van der Waals surface area contributed by atoms with Crippen molar-refractivity contribution in [1.29, 1.82) is 0 Å². The van der Waals surface area contributed by atoms with Gasteiger partial charge in [-0.25, -0.2) is 9.18 Å². The number of carbonyl (C=O) groups is 2. The van der Waals surface area contributed by atoms with Crippen molar-refractivity contribution >= 4 is 18.3 Å². The molecule has 0 aliphatic carbocycles. The lowest BCUT2D eigenvalue weighted by atomic mass is 10.1. The molecular weight excluding hydrogens is 215 g/mol. The maximum atomic E-state index is 13.6. The number of carbonyl (C=O) groups excluding carboxylic acids is 1. The van der Waals surface area contributed by atoms with E-state index in [0.717, 1.165) is 12.2 Å². The molecule has 0 fully saturated rings. The van der Waals surface area contributed by atoms with Crippen LogP contribution >= 0.6 is 0 Å². The van der Waals surface area contributed by atoms with Crippen molar-refractivity contribution in [2.75, 3.05) is 7.11 Å². The third-order valence-corrected chi connectivity index (χ3v) is 1.89. The number of halogens is 1. The fourth-order valence-electron chi connectivity index (χ4n) is 1.18. The molecule has 0 saturated heterocycles. The number of hydrogen-bond acceptors (Lipinski definition) is 3. The Hall–Kier alpha value is -2.17. The summed E-state index contributed by atoms with van der Waals surface area (Å²) in [5.41, 5.74) is 0.123. The van der Waals surface area contributed by atoms with Crippen LogP contribution in [0.2, 0.25) is 0 Å². The predicted octanol–water partition coefficient (Wildman–Crippen LogP) is 1.74. The van der Waals surface area contributed by atoms with Crippen LogP contribution in [0.3, 0.4) is 0 Å². The van der Waals surface area contributed by atoms with E-state index in [9.17, 15) is 14.0 Å². The molecule has 1 aromatic rings. The number of ether oxygens (including phenoxy) is 1. The zero-order chi connectivity index (χ0) is 12.1. The van der Waals surface area contributed by atoms with Crippen LogP contribution in [0, 0.1) is 5.82 Å². The quantitative estimate of drug-likeness (QED) is 0.625. The van der Waals surface area contributed by atoms with Crippen LogP contribution in [-0.4, -0.2) is 24.5 Å². The lowest BCUT2D eigenvalue weighted by Crippen LogP contribution is -1.97. The minimum atomic E-state index is -1.18. The molecule has 16 heavy (non-hydrogen) atoms. The summed E-state index contributed by atoms with van der Waals surface area (Å²) in [7, 11) is 1.23. The summed E-state index contributed by atoms with van der Waals surface area (Å²) >= 11 is 0. The lowest BCUT2D eigenvalue weighted by Gasteiger charge is -2.06. The first kappa shape index (κ1) is 11.9. The number of aliphatic carboxylic acids is 1. The highest BCUT2D eigenvalue weighted by Crippen LogP contribution is 2.25. The number of carboxylic acid groups (broad SMARTS) is 1. The molecule has 1 N–H and O–H groups in total. The van der Waals surface area contributed by atoms with Crippen molar-refractivity contribution < 1.29 is 23.8 Å². The Morgan fingerprint density at radius 2 is 2.06 bits per heavy atom. The van der Waals surface area contributed by atoms with Crippen LogP contribution < -0.4 is 4.74 Å². The summed E-state index contributed by atoms with van der Waals surface area (Å²) in [6.07, 6.45) is 2.36. The highest BCUT2D eigenvalue weighted by molar-refractivity contribution is 5.86. The molecule has 0 bridgehead atoms. The first-order valence-electron chi connectivity index (χ1n) is 4.32. The summed E-state index contributed by atoms with van der Waals surface area (Å²) in [5.74, 6) is -2.13. The van der Waals surface area contributed by atoms with Crippen LogP contribution in [0.4, 0.5) is 4.39 Å². The summed E-state index contributed by atoms with van der Waals surface area (Å²) in [6, 6.07) is 2.66. The van der Waals surface area contributed by atoms with Gasteiger partial charge in [-0.2, -0.15) is 0 Å². The van der Waals surface area contributed by atoms with Gasteiger partial charge in [-0.15, -0.1) is 0 Å². The van der Waals surface area contributed by atoms with E-state index in [-0.39, 0.29) is 16.9 Å². The van der Waals surface area contributed by atoms with E-state index in [0.29, 0.717) is 6.29 Å². The molecule has 0 spiro atoms. The van der Waals surface area contributed by atoms with Gasteiger partial charge in [0.1, 0.15) is 0 Å². The molecule has 0 aromatic heterocycles. The van der Waals surface area contributed by atoms with Gasteiger partial charge < -0.3 is 9.84 Å². The Labute approximate surface area is 91.0 Å². The Kier molecular flexibility index (Phi) is 3.77. The largest absolute Gasteiger partial charge is 0.493 e. The molecule has 4 nitrogen and oxygen atoms in total. The third-order valence-electron chi connectivity index (χ3n) is 1.89. The van der Waals surface area contributed by atoms with Crippen molar-refractivity contribution in [3.8, 4) is 5.75 Å². The van der Waals surface area contributed by atoms with Gasteiger partial charge in [0.05, 0.1) is 12.7 Å². The normalized spacial score (nSPS) is 10.4. The van der Waals surface area contributed by atoms with Gasteiger partial charge in [-0.05, 0) is 12.1 Å². The monoisotopic (exact) mass is 224 g/mol. The molecule has 0 aliphatic heterocycles. The van der Waals surface area contributed by atoms with Gasteiger partial charge in [0, 0.05) is 11.6 Å². The van der Waals surface area contributed by atoms with E-state index in [1.807, 2.05) is 0 Å². The topological polar surface area (TPSA) is 63.6 Å². The van der Waals surface area contributed by atoms with Crippen LogP contribution in [0.15, 0.2) is 18.2 Å². The zero-order valence-electron chi connectivity index (χ0n) is 8.44. The standard InChI is InChI=1S/C11H9FO4/c1-16-11-8(6-13)3-2-7(10(11)12)4-5-9(14)15/h2-6H,1H3,(H,14,15)/b5-4+. The Balaban J connectivity index is 3.23. The van der Waals surface area contributed by atoms with Crippen molar-refractivity contribution in [3.63, 3.8) is 0 Å². The number of carboxylic acids is 1. The van der Waals surface area contributed by atoms with Gasteiger partial charge >= 0.3 is 5.97 Å². The van der Waals surface area contributed by atoms with Gasteiger partial charge in [0.15, 0.2) is 17.9 Å². The molecule has 1 aromatic carbocycles. The van der Waals surface area contributed by atoms with Crippen molar-refractivity contribution in [1.82, 2.24) is 0 Å². The molecule has 84 valence electrons. The highest BCUT2D eigenvalue weighted by Gasteiger charge is 2.12. The molecule has 0 radical (unpaired) electrons. The molecule has 0 aliphatic rings. The third kappa shape index (κ3) is 2.44. The van der Waals surface area contributed by atoms with Crippen LogP contribution in [-0.2, 0) is 4.79 Å². The Morgan fingerprint density at radius 3 is 2.56 bits per heavy atom. The smallest absolute Gasteiger partial charge is 0.328 e. The van der Waals surface area contributed by atoms with E-state index in [4.69, 9.17) is 9.84 Å². The van der Waals surface area contributed by atoms with Crippen molar-refractivity contribution in [3.05, 3.63) is 35.2 Å². The van der Waals surface area contributed by atoms with E-state index in [2.05, 4.69) is 0 Å². The fraction of sp³-hybridized carbons (Fsp3) is 0.0909. The number of rotatable bonds is 4. The van der Waals surface area contributed by atoms with E-state index < -0.39 is 11.8 Å². The predicted molar refractivity (Wildman–Crippen MR) is 55.0 cm³/mol. The number of hydrogen-bond donors (Lipinski definition) is 1. The second-order valence-electron chi connectivity index (χ2n) is 2.88. The molecule has 0 saturated carbocycles. The summed E-state index contributed by atoms with van der Waals surface area (Å²) in [6.45, 7) is 0. The average molecular weight is 224 g/mol. The Bertz CT molecular complexity index is 452. The maximum absolute atomic E-state index is 13.6. The first-order valence-corrected chi connectivity index (χ1v) is 4.32. The van der Waals surface area contributed by atoms with Crippen molar-refractivity contribution in [2.24, 2.45) is 0 Å². The van der Waals surface area contributed by atoms with Crippen molar-refractivity contribution in [2.45, 2.75) is 0 Å². The second kappa shape index (κ2) is 5.06. The summed E-state index contributed by atoms with van der Waals surface area (Å²) < 4.78 is 18.4. The number of benzene rings is 1. The Morgan fingerprint density at radius 1 is 1.44 bits per heavy atom. The van der Waals surface area contributed by atoms with E-state index >= 15 is 0 Å². The molecule has 0 heterocycles. The number of methoxy groups -OCH3 is 1. The summed E-state index contributed by atoms with van der Waals surface area (Å²) in [5, 5.41) is 8.40. The average Bonchev–Trinajstić information content (AvgIpc) is 2.26. The lowest BCUT2D eigenvalue weighted by molar-refractivity contribution is -0.131. The van der Waals surface area contributed by atoms with Gasteiger partial charge in [-0.1, -0.05) is 6.07 Å². The molecule has 5 heteroatoms. The van der Waals surface area contributed by atoms with Crippen LogP contribution in [0.1, 0.15) is 15.9 Å². The van der Waals surface area contributed by atoms with Crippen LogP contribution in [0.25, 0.3) is 6.08 Å². The number of aldehydes is 1. The van der Waals surface area contributed by atoms with Gasteiger partial charge in [0.25, 0.3) is 0 Å². The van der Waals surface area contributed by atoms with E-state index in [1.165, 1.54) is 19.2 Å². The minimum Gasteiger partial charge on any atom is -0.493 e. The highest BCUT2D eigenvalue weighted by atomic mass is 19.1. The van der Waals surface area contributed by atoms with Crippen LogP contribution in [0.5, 0.6) is 5.75 Å². The van der Waals surface area contributed by atoms with E-state index in [1.54, 1.807) is 0 Å². The van der Waals surface area contributed by atoms with Gasteiger partial charge in [0.2, 0.25) is 0 Å². The summed E-state index contributed by atoms with van der Waals surface area (Å²) in [4.78, 5) is 20.8. The maximum Gasteiger partial charge on any atom is 0.328 e. The molecule has 1 rings (SSSR count). The SMILES string of the molecule is COc1c(C=O)ccc(/C=C/C(=O)O)c1F. The van der Waals surface area contributed by atoms with Gasteiger partial charge in [-0.3, -0.25) is 4.79 Å². The fourth-order valence-corrected chi connectivity index (χ4v) is 1.18. The molecular formula is C11H9FO4. The molecule has 0 atom stereocenters. The molecule has 0 unspecified atom stereocenters. The zero-order valence-corrected chi connectivity index (χ0v) is 8.44. The first-order chi connectivity index (χ1) is 7.60. The molecule has 0 amide bonds. The second-order valence-corrected chi connectivity index (χ2v) is 2.88.